The first kappa shape index (κ1) is 40.4. The largest absolute Gasteiger partial charge is 0.358 e. The van der Waals surface area contributed by atoms with E-state index < -0.39 is 32.1 Å². The molecule has 0 aliphatic carbocycles. The Kier molecular flexibility index (Phi) is 14.8. The molecule has 0 saturated heterocycles. The second-order valence-electron chi connectivity index (χ2n) is 12.8. The number of carbonyl (C=O) groups excluding carboxylic acids is 2. The van der Waals surface area contributed by atoms with E-state index in [-0.39, 0.29) is 34.0 Å². The Morgan fingerprint density at radius 2 is 0.875 bits per heavy atom. The Labute approximate surface area is 294 Å². The maximum absolute atomic E-state index is 12.6. The molecule has 8 N–H and O–H groups in total. The highest BCUT2D eigenvalue weighted by atomic mass is 32.2. The van der Waals surface area contributed by atoms with Crippen molar-refractivity contribution in [3.63, 3.8) is 0 Å². The van der Waals surface area contributed by atoms with Crippen LogP contribution in [0.25, 0.3) is 0 Å². The predicted molar refractivity (Wildman–Crippen MR) is 197 cm³/mol. The van der Waals surface area contributed by atoms with Crippen LogP contribution in [0.3, 0.4) is 0 Å². The topological polar surface area (TPSA) is 199 Å². The first-order valence-electron chi connectivity index (χ1n) is 15.1. The van der Waals surface area contributed by atoms with E-state index in [9.17, 15) is 26.4 Å². The summed E-state index contributed by atoms with van der Waals surface area (Å²) in [6, 6.07) is 9.92. The fraction of sp³-hybridized carbons (Fsp3) is 0.467. The van der Waals surface area contributed by atoms with Gasteiger partial charge in [0.1, 0.15) is 0 Å². The van der Waals surface area contributed by atoms with Gasteiger partial charge < -0.3 is 31.9 Å². The molecule has 2 aromatic carbocycles. The zero-order valence-corrected chi connectivity index (χ0v) is 31.2. The molecule has 0 unspecified atom stereocenters. The van der Waals surface area contributed by atoms with Crippen molar-refractivity contribution in [3.8, 4) is 0 Å². The summed E-state index contributed by atoms with van der Waals surface area (Å²) < 4.78 is 54.2. The van der Waals surface area contributed by atoms with Gasteiger partial charge in [0.2, 0.25) is 0 Å². The van der Waals surface area contributed by atoms with Crippen LogP contribution in [0.5, 0.6) is 0 Å². The maximum Gasteiger partial charge on any atom is 0.328 e. The maximum atomic E-state index is 12.6. The van der Waals surface area contributed by atoms with E-state index in [0.29, 0.717) is 47.3 Å². The smallest absolute Gasteiger partial charge is 0.328 e. The first-order chi connectivity index (χ1) is 22.1. The SMILES string of the molecule is CC(C)(C)NC(=S)Nc1ccc(S(=O)(=O)NC(=O)NCCCCCCNC(=O)NS(=O)(=O)c2ccc(NC(=S)NC(C)(C)C)cc2)cc1. The average Bonchev–Trinajstić information content (AvgIpc) is 2.92. The van der Waals surface area contributed by atoms with Gasteiger partial charge >= 0.3 is 12.1 Å². The van der Waals surface area contributed by atoms with Crippen LogP contribution in [0.1, 0.15) is 67.2 Å². The molecule has 0 heterocycles. The van der Waals surface area contributed by atoms with Crippen LogP contribution in [0.2, 0.25) is 0 Å². The Balaban J connectivity index is 1.64. The number of carbonyl (C=O) groups is 2. The van der Waals surface area contributed by atoms with Crippen molar-refractivity contribution < 1.29 is 26.4 Å². The van der Waals surface area contributed by atoms with Crippen molar-refractivity contribution in [2.24, 2.45) is 0 Å². The third-order valence-corrected chi connectivity index (χ3v) is 9.05. The van der Waals surface area contributed by atoms with E-state index in [1.165, 1.54) is 24.3 Å². The molecule has 0 spiro atoms. The molecule has 48 heavy (non-hydrogen) atoms. The van der Waals surface area contributed by atoms with Crippen molar-refractivity contribution in [2.45, 2.75) is 88.1 Å². The predicted octanol–water partition coefficient (Wildman–Crippen LogP) is 4.09. The van der Waals surface area contributed by atoms with E-state index in [0.717, 1.165) is 0 Å². The lowest BCUT2D eigenvalue weighted by molar-refractivity contribution is 0.244. The van der Waals surface area contributed by atoms with Crippen LogP contribution in [-0.2, 0) is 20.0 Å². The summed E-state index contributed by atoms with van der Waals surface area (Å²) in [7, 11) is -8.15. The molecular weight excluding hydrogens is 697 g/mol. The Morgan fingerprint density at radius 1 is 0.562 bits per heavy atom. The van der Waals surface area contributed by atoms with E-state index in [4.69, 9.17) is 24.4 Å². The second kappa shape index (κ2) is 17.6. The summed E-state index contributed by atoms with van der Waals surface area (Å²) in [5.41, 5.74) is 0.710. The quantitative estimate of drug-likeness (QED) is 0.108. The molecule has 18 heteroatoms. The number of anilines is 2. The van der Waals surface area contributed by atoms with Crippen LogP contribution in [0.15, 0.2) is 58.3 Å². The van der Waals surface area contributed by atoms with Gasteiger partial charge in [-0.25, -0.2) is 35.9 Å². The van der Waals surface area contributed by atoms with Crippen molar-refractivity contribution in [1.82, 2.24) is 30.7 Å². The zero-order valence-electron chi connectivity index (χ0n) is 27.9. The molecule has 0 radical (unpaired) electrons. The van der Waals surface area contributed by atoms with Gasteiger partial charge in [-0.3, -0.25) is 0 Å². The number of amides is 4. The van der Waals surface area contributed by atoms with Crippen LogP contribution >= 0.6 is 24.4 Å². The highest BCUT2D eigenvalue weighted by Gasteiger charge is 2.19. The van der Waals surface area contributed by atoms with Crippen LogP contribution < -0.4 is 41.3 Å². The molecule has 0 bridgehead atoms. The van der Waals surface area contributed by atoms with Crippen molar-refractivity contribution in [1.29, 1.82) is 0 Å². The number of unbranched alkanes of at least 4 members (excludes halogenated alkanes) is 3. The minimum Gasteiger partial charge on any atom is -0.358 e. The van der Waals surface area contributed by atoms with Gasteiger partial charge in [-0.05, 0) is 127 Å². The number of sulfonamides is 2. The average molecular weight is 743 g/mol. The number of hydrogen-bond donors (Lipinski definition) is 8. The van der Waals surface area contributed by atoms with Gasteiger partial charge in [-0.15, -0.1) is 0 Å². The van der Waals surface area contributed by atoms with Gasteiger partial charge in [-0.1, -0.05) is 12.8 Å². The third kappa shape index (κ3) is 15.9. The zero-order chi connectivity index (χ0) is 36.2. The Bertz CT molecular complexity index is 1510. The van der Waals surface area contributed by atoms with E-state index in [2.05, 4.69) is 31.9 Å². The lowest BCUT2D eigenvalue weighted by Crippen LogP contribution is -2.43. The number of hydrogen-bond acceptors (Lipinski definition) is 8. The molecule has 0 aromatic heterocycles. The highest BCUT2D eigenvalue weighted by Crippen LogP contribution is 2.16. The fourth-order valence-electron chi connectivity index (χ4n) is 3.88. The minimum absolute atomic E-state index is 0.0811. The summed E-state index contributed by atoms with van der Waals surface area (Å²) in [6.45, 7) is 12.2. The fourth-order valence-corrected chi connectivity index (χ4v) is 6.59. The number of benzene rings is 2. The molecule has 266 valence electrons. The molecule has 4 amide bonds. The summed E-state index contributed by atoms with van der Waals surface area (Å²) in [4.78, 5) is 24.1. The summed E-state index contributed by atoms with van der Waals surface area (Å²) in [5.74, 6) is 0. The van der Waals surface area contributed by atoms with E-state index in [1.807, 2.05) is 51.0 Å². The van der Waals surface area contributed by atoms with Crippen LogP contribution in [0.4, 0.5) is 21.0 Å². The standard InChI is InChI=1S/C30H46N8O6S4/c1-29(2,3)35-27(45)33-21-11-15-23(16-12-21)47(41,42)37-25(39)31-19-9-7-8-10-20-32-26(40)38-48(43,44)24-17-13-22(14-18-24)34-28(46)36-30(4,5)6/h11-18H,7-10,19-20H2,1-6H3,(H2,31,37,39)(H2,32,38,40)(H2,33,35,45)(H2,34,36,46). The van der Waals surface area contributed by atoms with Gasteiger partial charge in [0.25, 0.3) is 20.0 Å². The summed E-state index contributed by atoms with van der Waals surface area (Å²) in [6.07, 6.45) is 2.51. The van der Waals surface area contributed by atoms with Crippen molar-refractivity contribution >= 4 is 78.1 Å². The monoisotopic (exact) mass is 742 g/mol. The number of rotatable bonds is 13. The molecular formula is C30H46N8O6S4. The van der Waals surface area contributed by atoms with E-state index in [1.54, 1.807) is 24.3 Å². The number of thiocarbonyl (C=S) groups is 2. The lowest BCUT2D eigenvalue weighted by atomic mass is 10.1. The van der Waals surface area contributed by atoms with Gasteiger partial charge in [0, 0.05) is 35.5 Å². The highest BCUT2D eigenvalue weighted by molar-refractivity contribution is 7.90. The third-order valence-electron chi connectivity index (χ3n) is 5.95. The molecule has 0 fully saturated rings. The minimum atomic E-state index is -4.08. The lowest BCUT2D eigenvalue weighted by Gasteiger charge is -2.23. The molecule has 0 saturated carbocycles. The van der Waals surface area contributed by atoms with E-state index >= 15 is 0 Å². The van der Waals surface area contributed by atoms with Crippen LogP contribution in [0, 0.1) is 0 Å². The first-order valence-corrected chi connectivity index (χ1v) is 18.9. The molecule has 0 atom stereocenters. The molecule has 14 nitrogen and oxygen atoms in total. The van der Waals surface area contributed by atoms with Gasteiger partial charge in [0.05, 0.1) is 9.79 Å². The molecule has 2 rings (SSSR count). The Morgan fingerprint density at radius 3 is 1.17 bits per heavy atom. The van der Waals surface area contributed by atoms with Crippen LogP contribution in [-0.4, -0.2) is 63.3 Å². The van der Waals surface area contributed by atoms with Gasteiger partial charge in [0.15, 0.2) is 10.2 Å². The summed E-state index contributed by atoms with van der Waals surface area (Å²) >= 11 is 10.5. The normalized spacial score (nSPS) is 11.9. The second-order valence-corrected chi connectivity index (χ2v) is 17.0. The number of urea groups is 2. The molecule has 0 aliphatic heterocycles. The Hall–Kier alpha value is -3.74. The van der Waals surface area contributed by atoms with Crippen molar-refractivity contribution in [2.75, 3.05) is 23.7 Å². The molecule has 0 aliphatic rings. The molecule has 2 aromatic rings. The van der Waals surface area contributed by atoms with Gasteiger partial charge in [-0.2, -0.15) is 0 Å². The van der Waals surface area contributed by atoms with Crippen molar-refractivity contribution in [3.05, 3.63) is 48.5 Å². The summed E-state index contributed by atoms with van der Waals surface area (Å²) in [5, 5.41) is 17.9. The number of nitrogens with one attached hydrogen (secondary N) is 8.